The summed E-state index contributed by atoms with van der Waals surface area (Å²) in [5.74, 6) is -1.64. The van der Waals surface area contributed by atoms with Crippen LogP contribution < -0.4 is 10.1 Å². The molecule has 0 saturated carbocycles. The summed E-state index contributed by atoms with van der Waals surface area (Å²) < 4.78 is 39.8. The molecular formula is C24H21N3O9S2. The minimum atomic E-state index is -4.09. The molecule has 2 unspecified atom stereocenters. The molecule has 2 heterocycles. The minimum absolute atomic E-state index is 0.104. The number of non-ortho nitro benzene ring substituents is 1. The number of hydrogen-bond donors (Lipinski definition) is 1. The maximum absolute atomic E-state index is 13.3. The van der Waals surface area contributed by atoms with Crippen molar-refractivity contribution in [1.82, 2.24) is 5.32 Å². The van der Waals surface area contributed by atoms with Crippen LogP contribution in [0.25, 0.3) is 0 Å². The van der Waals surface area contributed by atoms with Gasteiger partial charge >= 0.3 is 16.1 Å². The number of allylic oxidation sites excluding steroid dienone is 1. The van der Waals surface area contributed by atoms with E-state index in [-0.39, 0.29) is 29.5 Å². The highest BCUT2D eigenvalue weighted by molar-refractivity contribution is 7.86. The Hall–Kier alpha value is -4.17. The number of fused-ring (bicyclic) bond motifs is 1. The Labute approximate surface area is 222 Å². The number of nitrogens with zero attached hydrogens (tertiary/aromatic N) is 2. The lowest BCUT2D eigenvalue weighted by atomic mass is 9.75. The number of thiocarbonyl (C=S) groups is 1. The number of amides is 1. The van der Waals surface area contributed by atoms with Crippen LogP contribution in [0.15, 0.2) is 70.9 Å². The van der Waals surface area contributed by atoms with E-state index in [1.54, 1.807) is 24.3 Å². The van der Waals surface area contributed by atoms with Crippen LogP contribution in [0.5, 0.6) is 5.75 Å². The molecule has 1 N–H and O–H groups in total. The highest BCUT2D eigenvalue weighted by Gasteiger charge is 2.66. The van der Waals surface area contributed by atoms with Gasteiger partial charge in [-0.1, -0.05) is 30.4 Å². The number of β-lactam (4-membered cyclic amide) rings is 1. The van der Waals surface area contributed by atoms with Gasteiger partial charge in [-0.25, -0.2) is 4.79 Å². The standard InChI is InChI=1S/C24H21N3O9S2/c1-14(36-38(2,32)33)19(22(28)35-12-15-8-10-16(11-9-15)27(30)31)24-21(25-23(24)29)20(37)18(26-24)13-34-17-6-4-3-5-7-17/h3-11,21H,12-13H2,1-2H3,(H,25,29). The number of carbonyl (C=O) groups is 2. The zero-order valence-electron chi connectivity index (χ0n) is 20.1. The maximum Gasteiger partial charge on any atom is 0.340 e. The summed E-state index contributed by atoms with van der Waals surface area (Å²) >= 11 is 5.49. The lowest BCUT2D eigenvalue weighted by Crippen LogP contribution is -2.73. The van der Waals surface area contributed by atoms with Gasteiger partial charge in [0, 0.05) is 12.1 Å². The molecule has 2 atom stereocenters. The molecule has 2 aliphatic heterocycles. The van der Waals surface area contributed by atoms with Gasteiger partial charge in [-0.15, -0.1) is 0 Å². The average molecular weight is 560 g/mol. The van der Waals surface area contributed by atoms with Crippen molar-refractivity contribution in [1.29, 1.82) is 0 Å². The summed E-state index contributed by atoms with van der Waals surface area (Å²) in [5, 5.41) is 13.5. The summed E-state index contributed by atoms with van der Waals surface area (Å²) in [5.41, 5.74) is -1.85. The Kier molecular flexibility index (Phi) is 7.29. The predicted octanol–water partition coefficient (Wildman–Crippen LogP) is 2.03. The van der Waals surface area contributed by atoms with Gasteiger partial charge in [0.05, 0.1) is 21.8 Å². The molecule has 38 heavy (non-hydrogen) atoms. The maximum atomic E-state index is 13.3. The lowest BCUT2D eigenvalue weighted by Gasteiger charge is -2.42. The van der Waals surface area contributed by atoms with Gasteiger partial charge in [-0.3, -0.25) is 19.9 Å². The number of nitro benzene ring substituents is 1. The van der Waals surface area contributed by atoms with E-state index in [0.717, 1.165) is 6.26 Å². The predicted molar refractivity (Wildman–Crippen MR) is 138 cm³/mol. The van der Waals surface area contributed by atoms with E-state index in [1.165, 1.54) is 31.2 Å². The number of benzene rings is 2. The summed E-state index contributed by atoms with van der Waals surface area (Å²) in [7, 11) is -4.09. The van der Waals surface area contributed by atoms with Gasteiger partial charge in [-0.05, 0) is 36.8 Å². The lowest BCUT2D eigenvalue weighted by molar-refractivity contribution is -0.384. The third kappa shape index (κ3) is 5.26. The molecule has 0 radical (unpaired) electrons. The second-order valence-corrected chi connectivity index (χ2v) is 10.4. The highest BCUT2D eigenvalue weighted by atomic mass is 32.2. The molecule has 4 rings (SSSR count). The van der Waals surface area contributed by atoms with Gasteiger partial charge in [0.25, 0.3) is 11.6 Å². The number of esters is 1. The SMILES string of the molecule is CC(OS(C)(=O)=O)=C(C(=O)OCc1ccc([N+](=O)[O-])cc1)C12N=C(COc3ccccc3)C(=S)C1NC2=O. The summed E-state index contributed by atoms with van der Waals surface area (Å²) in [6, 6.07) is 13.1. The first-order chi connectivity index (χ1) is 17.9. The molecule has 14 heteroatoms. The van der Waals surface area contributed by atoms with Gasteiger partial charge in [0.15, 0.2) is 5.54 Å². The number of aliphatic imine (C=N–C) groups is 1. The molecule has 0 bridgehead atoms. The fourth-order valence-corrected chi connectivity index (χ4v) is 4.93. The van der Waals surface area contributed by atoms with E-state index in [4.69, 9.17) is 25.9 Å². The van der Waals surface area contributed by atoms with Gasteiger partial charge in [0.1, 0.15) is 36.3 Å². The fourth-order valence-electron chi connectivity index (χ4n) is 4.06. The summed E-state index contributed by atoms with van der Waals surface area (Å²) in [4.78, 5) is 41.3. The van der Waals surface area contributed by atoms with E-state index in [1.807, 2.05) is 6.07 Å². The van der Waals surface area contributed by atoms with E-state index in [0.29, 0.717) is 11.3 Å². The van der Waals surface area contributed by atoms with Crippen LogP contribution in [0.3, 0.4) is 0 Å². The molecule has 2 aliphatic rings. The molecule has 1 saturated heterocycles. The van der Waals surface area contributed by atoms with Crippen LogP contribution in [0, 0.1) is 10.1 Å². The van der Waals surface area contributed by atoms with Crippen molar-refractivity contribution >= 4 is 50.5 Å². The van der Waals surface area contributed by atoms with Crippen LogP contribution in [-0.4, -0.2) is 60.2 Å². The first kappa shape index (κ1) is 26.9. The molecule has 2 aromatic rings. The van der Waals surface area contributed by atoms with E-state index >= 15 is 0 Å². The largest absolute Gasteiger partial charge is 0.487 e. The van der Waals surface area contributed by atoms with Crippen molar-refractivity contribution in [3.05, 3.63) is 81.6 Å². The summed E-state index contributed by atoms with van der Waals surface area (Å²) in [6.45, 7) is 0.776. The van der Waals surface area contributed by atoms with E-state index in [9.17, 15) is 28.1 Å². The number of para-hydroxylation sites is 1. The molecule has 12 nitrogen and oxygen atoms in total. The number of nitrogens with one attached hydrogen (secondary N) is 1. The Morgan fingerprint density at radius 2 is 1.82 bits per heavy atom. The van der Waals surface area contributed by atoms with Crippen LogP contribution in [0.4, 0.5) is 5.69 Å². The van der Waals surface area contributed by atoms with E-state index < -0.39 is 49.8 Å². The second-order valence-electron chi connectivity index (χ2n) is 8.42. The average Bonchev–Trinajstić information content (AvgIpc) is 3.08. The van der Waals surface area contributed by atoms with Gasteiger partial charge < -0.3 is 19.0 Å². The Morgan fingerprint density at radius 1 is 1.16 bits per heavy atom. The first-order valence-corrected chi connectivity index (χ1v) is 13.3. The number of carbonyl (C=O) groups excluding carboxylic acids is 2. The topological polar surface area (TPSA) is 164 Å². The van der Waals surface area contributed by atoms with Crippen LogP contribution >= 0.6 is 12.2 Å². The third-order valence-electron chi connectivity index (χ3n) is 5.75. The van der Waals surface area contributed by atoms with Gasteiger partial charge in [0.2, 0.25) is 0 Å². The van der Waals surface area contributed by atoms with Crippen LogP contribution in [0.1, 0.15) is 12.5 Å². The normalized spacial score (nSPS) is 20.8. The van der Waals surface area contributed by atoms with Crippen molar-refractivity contribution in [2.45, 2.75) is 25.1 Å². The molecule has 0 aromatic heterocycles. The fraction of sp³-hybridized carbons (Fsp3) is 0.250. The van der Waals surface area contributed by atoms with E-state index in [2.05, 4.69) is 10.3 Å². The second kappa shape index (κ2) is 10.3. The number of ether oxygens (including phenoxy) is 2. The molecule has 0 aliphatic carbocycles. The van der Waals surface area contributed by atoms with Crippen molar-refractivity contribution in [2.75, 3.05) is 12.9 Å². The zero-order chi connectivity index (χ0) is 27.7. The monoisotopic (exact) mass is 559 g/mol. The zero-order valence-corrected chi connectivity index (χ0v) is 21.7. The molecule has 1 fully saturated rings. The molecule has 0 spiro atoms. The Bertz CT molecular complexity index is 1490. The quantitative estimate of drug-likeness (QED) is 0.0666. The molecule has 1 amide bonds. The Morgan fingerprint density at radius 3 is 2.39 bits per heavy atom. The van der Waals surface area contributed by atoms with Gasteiger partial charge in [-0.2, -0.15) is 8.42 Å². The number of rotatable bonds is 10. The number of nitro groups is 1. The highest BCUT2D eigenvalue weighted by Crippen LogP contribution is 2.42. The van der Waals surface area contributed by atoms with Crippen molar-refractivity contribution in [3.8, 4) is 5.75 Å². The van der Waals surface area contributed by atoms with Crippen molar-refractivity contribution in [2.24, 2.45) is 4.99 Å². The van der Waals surface area contributed by atoms with Crippen LogP contribution in [0.2, 0.25) is 0 Å². The smallest absolute Gasteiger partial charge is 0.340 e. The van der Waals surface area contributed by atoms with Crippen molar-refractivity contribution in [3.63, 3.8) is 0 Å². The molecular weight excluding hydrogens is 538 g/mol. The minimum Gasteiger partial charge on any atom is -0.487 e. The molecule has 2 aromatic carbocycles. The number of hydrogen-bond acceptors (Lipinski definition) is 11. The van der Waals surface area contributed by atoms with Crippen molar-refractivity contribution < 1.29 is 36.6 Å². The first-order valence-electron chi connectivity index (χ1n) is 11.1. The molecule has 198 valence electrons. The van der Waals surface area contributed by atoms with Crippen LogP contribution in [-0.2, 0) is 35.2 Å². The Balaban J connectivity index is 1.66. The summed E-state index contributed by atoms with van der Waals surface area (Å²) in [6.07, 6.45) is 0.786. The third-order valence-corrected chi connectivity index (χ3v) is 6.77.